The summed E-state index contributed by atoms with van der Waals surface area (Å²) < 4.78 is 6.81. The molecule has 7 aromatic carbocycles. The van der Waals surface area contributed by atoms with Crippen LogP contribution in [0.25, 0.3) is 27.1 Å². The standard InChI is InChI=1S/C52H40N2O.C2H6/c1-32-30-37(26-28-39(33(32)2)50-34(3)53(47-22-10-8-20-42(47)50)45-23-12-16-35-14-4-6-18-40(35)45)38-27-29-43-48(31-38)54(46-24-13-17-36-15-5-7-19-41(36)46)52-51(43)44-21-9-11-25-49(44)55-52;1-2/h4-31,34,50-52H,2H2,1,3H3;1-2H3. The molecule has 3 nitrogen and oxygen atoms in total. The molecule has 11 rings (SSSR count). The molecule has 0 N–H and O–H groups in total. The van der Waals surface area contributed by atoms with E-state index in [2.05, 4.69) is 194 Å². The monoisotopic (exact) mass is 738 g/mol. The minimum absolute atomic E-state index is 0.125. The lowest BCUT2D eigenvalue weighted by Gasteiger charge is -2.30. The summed E-state index contributed by atoms with van der Waals surface area (Å²) in [4.78, 5) is 4.99. The molecule has 3 heteroatoms. The van der Waals surface area contributed by atoms with E-state index in [1.165, 1.54) is 83.3 Å². The quantitative estimate of drug-likeness (QED) is 0.179. The SMILES string of the molecule is C=C1C(C)=CC(c2ccc3c(c2)N(c2cccc4ccccc24)C2Oc4ccccc4C32)=CC=C1C1c2ccccc2N(c2cccc3ccccc23)C1C.CC. The Morgan fingerprint density at radius 1 is 0.544 bits per heavy atom. The molecule has 0 amide bonds. The Balaban J connectivity index is 0.00000195. The summed E-state index contributed by atoms with van der Waals surface area (Å²) in [6, 6.07) is 55.3. The molecule has 1 aliphatic carbocycles. The second kappa shape index (κ2) is 13.9. The Labute approximate surface area is 336 Å². The van der Waals surface area contributed by atoms with Gasteiger partial charge in [-0.05, 0) is 93.9 Å². The van der Waals surface area contributed by atoms with E-state index in [0.717, 1.165) is 11.3 Å². The molecule has 278 valence electrons. The first-order chi connectivity index (χ1) is 28.0. The zero-order chi connectivity index (χ0) is 38.8. The second-order valence-electron chi connectivity index (χ2n) is 15.4. The predicted octanol–water partition coefficient (Wildman–Crippen LogP) is 14.2. The van der Waals surface area contributed by atoms with Crippen molar-refractivity contribution in [3.05, 3.63) is 215 Å². The van der Waals surface area contributed by atoms with E-state index in [1.54, 1.807) is 0 Å². The van der Waals surface area contributed by atoms with Crippen LogP contribution in [0.15, 0.2) is 193 Å². The molecule has 0 saturated heterocycles. The Morgan fingerprint density at radius 3 is 1.86 bits per heavy atom. The molecule has 4 aliphatic rings. The number of allylic oxidation sites excluding steroid dienone is 6. The summed E-state index contributed by atoms with van der Waals surface area (Å²) in [7, 11) is 0. The summed E-state index contributed by atoms with van der Waals surface area (Å²) in [6.07, 6.45) is 6.83. The summed E-state index contributed by atoms with van der Waals surface area (Å²) in [5.41, 5.74) is 14.7. The minimum Gasteiger partial charge on any atom is -0.469 e. The number of nitrogens with zero attached hydrogens (tertiary/aromatic N) is 2. The number of benzene rings is 7. The van der Waals surface area contributed by atoms with Gasteiger partial charge in [-0.1, -0.05) is 160 Å². The summed E-state index contributed by atoms with van der Waals surface area (Å²) in [5, 5.41) is 4.97. The van der Waals surface area contributed by atoms with Gasteiger partial charge in [0.1, 0.15) is 5.75 Å². The number of ether oxygens (including phenoxy) is 1. The van der Waals surface area contributed by atoms with Gasteiger partial charge in [0.25, 0.3) is 0 Å². The third-order valence-electron chi connectivity index (χ3n) is 12.4. The molecule has 0 saturated carbocycles. The molecule has 4 unspecified atom stereocenters. The minimum atomic E-state index is -0.159. The topological polar surface area (TPSA) is 15.7 Å². The third-order valence-corrected chi connectivity index (χ3v) is 12.4. The van der Waals surface area contributed by atoms with Crippen molar-refractivity contribution in [2.75, 3.05) is 9.80 Å². The van der Waals surface area contributed by atoms with Crippen molar-refractivity contribution >= 4 is 49.9 Å². The highest BCUT2D eigenvalue weighted by Gasteiger charge is 2.48. The summed E-state index contributed by atoms with van der Waals surface area (Å²) in [5.74, 6) is 1.25. The van der Waals surface area contributed by atoms with Crippen molar-refractivity contribution in [2.45, 2.75) is 51.8 Å². The number of anilines is 4. The van der Waals surface area contributed by atoms with Crippen LogP contribution in [-0.4, -0.2) is 12.3 Å². The van der Waals surface area contributed by atoms with E-state index in [4.69, 9.17) is 11.3 Å². The number of para-hydroxylation sites is 2. The van der Waals surface area contributed by atoms with Crippen LogP contribution in [0.1, 0.15) is 61.8 Å². The summed E-state index contributed by atoms with van der Waals surface area (Å²) >= 11 is 0. The second-order valence-corrected chi connectivity index (χ2v) is 15.4. The van der Waals surface area contributed by atoms with Crippen molar-refractivity contribution in [1.29, 1.82) is 0 Å². The van der Waals surface area contributed by atoms with Crippen molar-refractivity contribution < 1.29 is 4.74 Å². The van der Waals surface area contributed by atoms with Gasteiger partial charge in [0.15, 0.2) is 6.23 Å². The maximum atomic E-state index is 6.81. The molecule has 3 aliphatic heterocycles. The predicted molar refractivity (Wildman–Crippen MR) is 240 cm³/mol. The average molecular weight is 739 g/mol. The van der Waals surface area contributed by atoms with E-state index in [9.17, 15) is 0 Å². The molecule has 3 heterocycles. The molecular weight excluding hydrogens is 693 g/mol. The van der Waals surface area contributed by atoms with Crippen molar-refractivity contribution in [2.24, 2.45) is 0 Å². The Bertz CT molecular complexity index is 2830. The van der Waals surface area contributed by atoms with Gasteiger partial charge < -0.3 is 14.5 Å². The van der Waals surface area contributed by atoms with E-state index in [0.29, 0.717) is 0 Å². The highest BCUT2D eigenvalue weighted by Crippen LogP contribution is 2.56. The molecule has 0 radical (unpaired) electrons. The molecule has 57 heavy (non-hydrogen) atoms. The fourth-order valence-electron chi connectivity index (χ4n) is 9.88. The highest BCUT2D eigenvalue weighted by molar-refractivity contribution is 5.99. The van der Waals surface area contributed by atoms with Crippen LogP contribution in [0.2, 0.25) is 0 Å². The molecule has 0 spiro atoms. The molecule has 4 atom stereocenters. The lowest BCUT2D eigenvalue weighted by molar-refractivity contribution is 0.234. The highest BCUT2D eigenvalue weighted by atomic mass is 16.5. The Hall–Kier alpha value is -6.58. The van der Waals surface area contributed by atoms with Crippen LogP contribution in [-0.2, 0) is 0 Å². The number of rotatable bonds is 4. The van der Waals surface area contributed by atoms with Gasteiger partial charge in [-0.15, -0.1) is 0 Å². The zero-order valence-electron chi connectivity index (χ0n) is 33.0. The largest absolute Gasteiger partial charge is 0.469 e. The van der Waals surface area contributed by atoms with E-state index in [1.807, 2.05) is 13.8 Å². The summed E-state index contributed by atoms with van der Waals surface area (Å²) in [6.45, 7) is 13.3. The maximum absolute atomic E-state index is 6.81. The van der Waals surface area contributed by atoms with Crippen LogP contribution in [0.3, 0.4) is 0 Å². The van der Waals surface area contributed by atoms with E-state index < -0.39 is 0 Å². The lowest BCUT2D eigenvalue weighted by Crippen LogP contribution is -2.32. The van der Waals surface area contributed by atoms with Gasteiger partial charge in [-0.3, -0.25) is 0 Å². The molecule has 7 aromatic rings. The van der Waals surface area contributed by atoms with Crippen molar-refractivity contribution in [3.63, 3.8) is 0 Å². The van der Waals surface area contributed by atoms with Gasteiger partial charge in [0, 0.05) is 45.4 Å². The van der Waals surface area contributed by atoms with Gasteiger partial charge in [-0.2, -0.15) is 0 Å². The fourth-order valence-corrected chi connectivity index (χ4v) is 9.88. The molecule has 0 aromatic heterocycles. The van der Waals surface area contributed by atoms with Crippen LogP contribution in [0, 0.1) is 0 Å². The number of hydrogen-bond donors (Lipinski definition) is 0. The van der Waals surface area contributed by atoms with E-state index >= 15 is 0 Å². The fraction of sp³-hybridized carbons (Fsp3) is 0.148. The van der Waals surface area contributed by atoms with Crippen LogP contribution < -0.4 is 14.5 Å². The first-order valence-corrected chi connectivity index (χ1v) is 20.4. The van der Waals surface area contributed by atoms with Gasteiger partial charge >= 0.3 is 0 Å². The van der Waals surface area contributed by atoms with Crippen molar-refractivity contribution in [3.8, 4) is 5.75 Å². The first-order valence-electron chi connectivity index (χ1n) is 20.4. The van der Waals surface area contributed by atoms with Gasteiger partial charge in [0.2, 0.25) is 0 Å². The first kappa shape index (κ1) is 34.9. The smallest absolute Gasteiger partial charge is 0.187 e. The normalized spacial score (nSPS) is 20.4. The third kappa shape index (κ3) is 5.40. The lowest BCUT2D eigenvalue weighted by atomic mass is 9.82. The van der Waals surface area contributed by atoms with Gasteiger partial charge in [0.05, 0.1) is 11.6 Å². The van der Waals surface area contributed by atoms with Crippen LogP contribution >= 0.6 is 0 Å². The zero-order valence-corrected chi connectivity index (χ0v) is 33.0. The van der Waals surface area contributed by atoms with Crippen LogP contribution in [0.5, 0.6) is 5.75 Å². The molecule has 0 bridgehead atoms. The average Bonchev–Trinajstić information content (AvgIpc) is 3.85. The number of hydrogen-bond acceptors (Lipinski definition) is 3. The Morgan fingerprint density at radius 2 is 1.12 bits per heavy atom. The number of fused-ring (bicyclic) bond motifs is 8. The molecule has 0 fully saturated rings. The van der Waals surface area contributed by atoms with Crippen molar-refractivity contribution in [1.82, 2.24) is 0 Å². The van der Waals surface area contributed by atoms with E-state index in [-0.39, 0.29) is 24.1 Å². The Kier molecular flexibility index (Phi) is 8.48. The maximum Gasteiger partial charge on any atom is 0.187 e. The van der Waals surface area contributed by atoms with Gasteiger partial charge in [-0.25, -0.2) is 0 Å². The molecular formula is C54H46N2O. The van der Waals surface area contributed by atoms with Crippen LogP contribution in [0.4, 0.5) is 22.7 Å².